The molecule has 7 heteroatoms. The van der Waals surface area contributed by atoms with E-state index in [0.29, 0.717) is 6.54 Å². The Morgan fingerprint density at radius 1 is 1.10 bits per heavy atom. The van der Waals surface area contributed by atoms with Crippen molar-refractivity contribution in [2.24, 2.45) is 5.92 Å². The number of rotatable bonds is 5. The number of anilines is 1. The number of carbonyl (C=O) groups is 2. The number of sulfone groups is 1. The quantitative estimate of drug-likeness (QED) is 0.797. The third kappa shape index (κ3) is 4.12. The lowest BCUT2D eigenvalue weighted by Crippen LogP contribution is -2.34. The zero-order chi connectivity index (χ0) is 21.5. The summed E-state index contributed by atoms with van der Waals surface area (Å²) in [5.41, 5.74) is 4.35. The van der Waals surface area contributed by atoms with E-state index in [2.05, 4.69) is 17.4 Å². The van der Waals surface area contributed by atoms with E-state index < -0.39 is 15.8 Å². The van der Waals surface area contributed by atoms with Crippen LogP contribution in [0, 0.1) is 5.92 Å². The summed E-state index contributed by atoms with van der Waals surface area (Å²) < 4.78 is 23.2. The zero-order valence-corrected chi connectivity index (χ0v) is 18.0. The molecule has 2 aromatic rings. The molecule has 1 fully saturated rings. The lowest BCUT2D eigenvalue weighted by atomic mass is 10.0. The second-order valence-corrected chi connectivity index (χ2v) is 10.3. The Morgan fingerprint density at radius 3 is 2.50 bits per heavy atom. The van der Waals surface area contributed by atoms with Gasteiger partial charge in [0.2, 0.25) is 11.8 Å². The summed E-state index contributed by atoms with van der Waals surface area (Å²) in [5, 5.41) is 2.96. The van der Waals surface area contributed by atoms with Crippen molar-refractivity contribution in [3.63, 3.8) is 0 Å². The van der Waals surface area contributed by atoms with Crippen LogP contribution >= 0.6 is 0 Å². The third-order valence-corrected chi connectivity index (χ3v) is 7.19. The van der Waals surface area contributed by atoms with Crippen LogP contribution in [0.1, 0.15) is 42.5 Å². The first-order valence-corrected chi connectivity index (χ1v) is 12.1. The van der Waals surface area contributed by atoms with Crippen LogP contribution in [-0.2, 0) is 32.3 Å². The Labute approximate surface area is 177 Å². The molecule has 1 heterocycles. The maximum Gasteiger partial charge on any atom is 0.227 e. The first-order chi connectivity index (χ1) is 14.2. The van der Waals surface area contributed by atoms with Gasteiger partial charge in [0.05, 0.1) is 16.9 Å². The van der Waals surface area contributed by atoms with E-state index in [-0.39, 0.29) is 29.2 Å². The molecule has 6 nitrogen and oxygen atoms in total. The molecule has 4 rings (SSSR count). The number of fused-ring (bicyclic) bond motifs is 1. The van der Waals surface area contributed by atoms with E-state index in [1.807, 2.05) is 13.0 Å². The van der Waals surface area contributed by atoms with E-state index in [0.717, 1.165) is 36.8 Å². The van der Waals surface area contributed by atoms with Crippen molar-refractivity contribution in [3.8, 4) is 0 Å². The van der Waals surface area contributed by atoms with E-state index in [9.17, 15) is 18.0 Å². The Hall–Kier alpha value is -2.67. The molecular formula is C23H26N2O4S. The van der Waals surface area contributed by atoms with Gasteiger partial charge in [-0.05, 0) is 67.1 Å². The number of amides is 2. The SMILES string of the molecule is CC(NC(=O)C1CC(=O)N(c2ccc3c(c2)CCC3)C1)c1ccc(S(C)(=O)=O)cc1. The van der Waals surface area contributed by atoms with Gasteiger partial charge < -0.3 is 10.2 Å². The van der Waals surface area contributed by atoms with Gasteiger partial charge in [0.25, 0.3) is 0 Å². The van der Waals surface area contributed by atoms with Gasteiger partial charge in [-0.25, -0.2) is 8.42 Å². The molecule has 1 aliphatic carbocycles. The summed E-state index contributed by atoms with van der Waals surface area (Å²) in [6, 6.07) is 12.4. The number of nitrogens with one attached hydrogen (secondary N) is 1. The lowest BCUT2D eigenvalue weighted by Gasteiger charge is -2.19. The van der Waals surface area contributed by atoms with Crippen LogP contribution in [-0.4, -0.2) is 33.0 Å². The van der Waals surface area contributed by atoms with E-state index in [4.69, 9.17) is 0 Å². The van der Waals surface area contributed by atoms with E-state index in [1.165, 1.54) is 11.1 Å². The number of nitrogens with zero attached hydrogens (tertiary/aromatic N) is 1. The fraction of sp³-hybridized carbons (Fsp3) is 0.391. The highest BCUT2D eigenvalue weighted by Gasteiger charge is 2.36. The van der Waals surface area contributed by atoms with Gasteiger partial charge in [-0.2, -0.15) is 0 Å². The Kier molecular flexibility index (Phi) is 5.40. The topological polar surface area (TPSA) is 83.6 Å². The van der Waals surface area contributed by atoms with Crippen molar-refractivity contribution in [3.05, 3.63) is 59.2 Å². The molecule has 2 unspecified atom stereocenters. The minimum Gasteiger partial charge on any atom is -0.349 e. The second kappa shape index (κ2) is 7.87. The molecule has 1 N–H and O–H groups in total. The summed E-state index contributed by atoms with van der Waals surface area (Å²) in [6.45, 7) is 2.23. The smallest absolute Gasteiger partial charge is 0.227 e. The molecule has 2 amide bonds. The van der Waals surface area contributed by atoms with Gasteiger partial charge in [-0.3, -0.25) is 9.59 Å². The Balaban J connectivity index is 1.41. The highest BCUT2D eigenvalue weighted by molar-refractivity contribution is 7.90. The molecule has 0 radical (unpaired) electrons. The number of hydrogen-bond acceptors (Lipinski definition) is 4. The predicted molar refractivity (Wildman–Crippen MR) is 115 cm³/mol. The molecule has 0 saturated carbocycles. The third-order valence-electron chi connectivity index (χ3n) is 6.06. The Morgan fingerprint density at radius 2 is 1.80 bits per heavy atom. The number of hydrogen-bond donors (Lipinski definition) is 1. The lowest BCUT2D eigenvalue weighted by molar-refractivity contribution is -0.126. The number of carbonyl (C=O) groups excluding carboxylic acids is 2. The molecule has 158 valence electrons. The first kappa shape index (κ1) is 20.6. The summed E-state index contributed by atoms with van der Waals surface area (Å²) >= 11 is 0. The monoisotopic (exact) mass is 426 g/mol. The van der Waals surface area contributed by atoms with Gasteiger partial charge >= 0.3 is 0 Å². The molecular weight excluding hydrogens is 400 g/mol. The van der Waals surface area contributed by atoms with Gasteiger partial charge in [0.15, 0.2) is 9.84 Å². The van der Waals surface area contributed by atoms with Crippen molar-refractivity contribution < 1.29 is 18.0 Å². The molecule has 0 aromatic heterocycles. The number of benzene rings is 2. The van der Waals surface area contributed by atoms with Crippen molar-refractivity contribution in [2.75, 3.05) is 17.7 Å². The van der Waals surface area contributed by atoms with E-state index >= 15 is 0 Å². The average molecular weight is 427 g/mol. The van der Waals surface area contributed by atoms with Crippen molar-refractivity contribution >= 4 is 27.3 Å². The van der Waals surface area contributed by atoms with Crippen LogP contribution in [0.15, 0.2) is 47.4 Å². The molecule has 2 atom stereocenters. The predicted octanol–water partition coefficient (Wildman–Crippen LogP) is 2.81. The molecule has 1 saturated heterocycles. The van der Waals surface area contributed by atoms with Crippen molar-refractivity contribution in [1.82, 2.24) is 5.32 Å². The van der Waals surface area contributed by atoms with Gasteiger partial charge in [-0.15, -0.1) is 0 Å². The van der Waals surface area contributed by atoms with Crippen LogP contribution in [0.25, 0.3) is 0 Å². The van der Waals surface area contributed by atoms with Crippen molar-refractivity contribution in [2.45, 2.75) is 43.5 Å². The zero-order valence-electron chi connectivity index (χ0n) is 17.2. The molecule has 0 bridgehead atoms. The summed E-state index contributed by atoms with van der Waals surface area (Å²) in [5.74, 6) is -0.589. The Bertz CT molecular complexity index is 1090. The molecule has 30 heavy (non-hydrogen) atoms. The summed E-state index contributed by atoms with van der Waals surface area (Å²) in [7, 11) is -3.25. The highest BCUT2D eigenvalue weighted by Crippen LogP contribution is 2.31. The van der Waals surface area contributed by atoms with Crippen molar-refractivity contribution in [1.29, 1.82) is 0 Å². The standard InChI is InChI=1S/C23H26N2O4S/c1-15(16-7-10-21(11-8-16)30(2,28)29)24-23(27)19-13-22(26)25(14-19)20-9-6-17-4-3-5-18(17)12-20/h6-12,15,19H,3-5,13-14H2,1-2H3,(H,24,27). The molecule has 1 aliphatic heterocycles. The maximum atomic E-state index is 12.8. The summed E-state index contributed by atoms with van der Waals surface area (Å²) in [6.07, 6.45) is 4.66. The van der Waals surface area contributed by atoms with Crippen LogP contribution in [0.3, 0.4) is 0 Å². The fourth-order valence-electron chi connectivity index (χ4n) is 4.28. The van der Waals surface area contributed by atoms with Crippen LogP contribution < -0.4 is 10.2 Å². The van der Waals surface area contributed by atoms with Gasteiger partial charge in [0.1, 0.15) is 0 Å². The normalized spacial score (nSPS) is 19.6. The summed E-state index contributed by atoms with van der Waals surface area (Å²) in [4.78, 5) is 27.3. The molecule has 2 aromatic carbocycles. The van der Waals surface area contributed by atoms with Gasteiger partial charge in [0, 0.05) is 24.9 Å². The van der Waals surface area contributed by atoms with Crippen LogP contribution in [0.2, 0.25) is 0 Å². The fourth-order valence-corrected chi connectivity index (χ4v) is 4.91. The molecule has 0 spiro atoms. The highest BCUT2D eigenvalue weighted by atomic mass is 32.2. The van der Waals surface area contributed by atoms with Gasteiger partial charge in [-0.1, -0.05) is 18.2 Å². The largest absolute Gasteiger partial charge is 0.349 e. The van der Waals surface area contributed by atoms with Crippen LogP contribution in [0.4, 0.5) is 5.69 Å². The first-order valence-electron chi connectivity index (χ1n) is 10.2. The maximum absolute atomic E-state index is 12.8. The second-order valence-electron chi connectivity index (χ2n) is 8.28. The van der Waals surface area contributed by atoms with E-state index in [1.54, 1.807) is 29.2 Å². The minimum absolute atomic E-state index is 0.0294. The number of aryl methyl sites for hydroxylation is 2. The minimum atomic E-state index is -3.25. The van der Waals surface area contributed by atoms with Crippen LogP contribution in [0.5, 0.6) is 0 Å². The average Bonchev–Trinajstić information content (AvgIpc) is 3.33. The molecule has 2 aliphatic rings.